The normalized spacial score (nSPS) is 10.0. The van der Waals surface area contributed by atoms with Crippen LogP contribution in [0.4, 0.5) is 4.39 Å². The lowest BCUT2D eigenvalue weighted by atomic mass is 9.63. The molecule has 2 nitrogen and oxygen atoms in total. The first-order valence-corrected chi connectivity index (χ1v) is 4.76. The second kappa shape index (κ2) is 5.01. The molecule has 0 aliphatic carbocycles. The van der Waals surface area contributed by atoms with Gasteiger partial charge in [0.1, 0.15) is 11.6 Å². The molecule has 76 valence electrons. The largest absolute Gasteiger partial charge is 0.494 e. The summed E-state index contributed by atoms with van der Waals surface area (Å²) < 4.78 is 18.6. The van der Waals surface area contributed by atoms with Crippen LogP contribution in [0.3, 0.4) is 0 Å². The van der Waals surface area contributed by atoms with Crippen molar-refractivity contribution in [2.75, 3.05) is 6.61 Å². The first-order valence-electron chi connectivity index (χ1n) is 4.76. The average molecular weight is 196 g/mol. The molecule has 0 radical (unpaired) electrons. The molecule has 0 atom stereocenters. The van der Waals surface area contributed by atoms with Crippen LogP contribution in [0, 0.1) is 5.82 Å². The van der Waals surface area contributed by atoms with E-state index in [9.17, 15) is 9.41 Å². The quantitative estimate of drug-likeness (QED) is 0.738. The molecule has 1 rings (SSSR count). The maximum Gasteiger partial charge on any atom is 0.327 e. The lowest BCUT2D eigenvalue weighted by Gasteiger charge is -2.11. The minimum absolute atomic E-state index is 0.237. The molecule has 4 heteroatoms. The monoisotopic (exact) mass is 196 g/mol. The summed E-state index contributed by atoms with van der Waals surface area (Å²) in [6.45, 7) is 3.19. The van der Waals surface area contributed by atoms with Crippen molar-refractivity contribution in [1.82, 2.24) is 0 Å². The fourth-order valence-corrected chi connectivity index (χ4v) is 1.26. The molecule has 0 spiro atoms. The molecule has 14 heavy (non-hydrogen) atoms. The van der Waals surface area contributed by atoms with Gasteiger partial charge < -0.3 is 9.76 Å². The Morgan fingerprint density at radius 2 is 2.21 bits per heavy atom. The third-order valence-electron chi connectivity index (χ3n) is 1.89. The van der Waals surface area contributed by atoms with E-state index in [0.29, 0.717) is 12.4 Å². The van der Waals surface area contributed by atoms with E-state index in [-0.39, 0.29) is 5.46 Å². The average Bonchev–Trinajstić information content (AvgIpc) is 2.14. The van der Waals surface area contributed by atoms with Crippen molar-refractivity contribution in [2.24, 2.45) is 0 Å². The summed E-state index contributed by atoms with van der Waals surface area (Å²) in [6, 6.07) is 4.56. The Kier molecular flexibility index (Phi) is 3.95. The number of ether oxygens (including phenoxy) is 1. The van der Waals surface area contributed by atoms with E-state index in [1.807, 2.05) is 6.92 Å². The van der Waals surface area contributed by atoms with Crippen LogP contribution >= 0.6 is 0 Å². The van der Waals surface area contributed by atoms with Crippen LogP contribution in [0.15, 0.2) is 18.2 Å². The molecular weight excluding hydrogens is 182 g/mol. The smallest absolute Gasteiger partial charge is 0.327 e. The first-order chi connectivity index (χ1) is 6.66. The molecule has 0 amide bonds. The Balaban J connectivity index is 2.96. The molecule has 0 aliphatic heterocycles. The van der Waals surface area contributed by atoms with Gasteiger partial charge in [0.25, 0.3) is 0 Å². The van der Waals surface area contributed by atoms with Gasteiger partial charge in [-0.3, -0.25) is 0 Å². The summed E-state index contributed by atoms with van der Waals surface area (Å²) in [7, 11) is 0. The fraction of sp³-hybridized carbons (Fsp3) is 0.400. The van der Waals surface area contributed by atoms with E-state index in [1.54, 1.807) is 12.1 Å². The van der Waals surface area contributed by atoms with Crippen LogP contribution < -0.4 is 10.2 Å². The van der Waals surface area contributed by atoms with Gasteiger partial charge in [0.2, 0.25) is 0 Å². The molecule has 0 fully saturated rings. The third kappa shape index (κ3) is 2.48. The highest BCUT2D eigenvalue weighted by Crippen LogP contribution is 2.11. The molecule has 0 aromatic heterocycles. The highest BCUT2D eigenvalue weighted by molar-refractivity contribution is 6.65. The Hall–Kier alpha value is -1.03. The van der Waals surface area contributed by atoms with Crippen molar-refractivity contribution in [2.45, 2.75) is 20.2 Å². The summed E-state index contributed by atoms with van der Waals surface area (Å²) in [5, 5.41) is 9.36. The van der Waals surface area contributed by atoms with E-state index in [2.05, 4.69) is 0 Å². The highest BCUT2D eigenvalue weighted by Gasteiger charge is 2.17. The molecule has 0 saturated heterocycles. The number of hydrogen-bond donors (Lipinski definition) is 1. The molecule has 1 aromatic carbocycles. The van der Waals surface area contributed by atoms with Crippen LogP contribution in [-0.4, -0.2) is 18.5 Å². The SMILES string of the molecule is CCCOc1cccc(F)c1B(C)O. The molecule has 1 aromatic rings. The van der Waals surface area contributed by atoms with Gasteiger partial charge >= 0.3 is 6.92 Å². The molecule has 0 unspecified atom stereocenters. The zero-order valence-corrected chi connectivity index (χ0v) is 8.46. The van der Waals surface area contributed by atoms with Gasteiger partial charge in [0, 0.05) is 5.46 Å². The second-order valence-corrected chi connectivity index (χ2v) is 3.18. The van der Waals surface area contributed by atoms with Crippen LogP contribution in [0.1, 0.15) is 13.3 Å². The Morgan fingerprint density at radius 3 is 2.79 bits per heavy atom. The molecular formula is C10H14BFO2. The molecule has 0 saturated carbocycles. The van der Waals surface area contributed by atoms with E-state index < -0.39 is 12.7 Å². The Morgan fingerprint density at radius 1 is 1.50 bits per heavy atom. The third-order valence-corrected chi connectivity index (χ3v) is 1.89. The van der Waals surface area contributed by atoms with Gasteiger partial charge in [0.15, 0.2) is 0 Å². The summed E-state index contributed by atoms with van der Waals surface area (Å²) >= 11 is 0. The number of rotatable bonds is 4. The minimum atomic E-state index is -0.844. The van der Waals surface area contributed by atoms with E-state index in [4.69, 9.17) is 4.74 Å². The topological polar surface area (TPSA) is 29.5 Å². The first kappa shape index (κ1) is 11.1. The summed E-state index contributed by atoms with van der Waals surface area (Å²) in [5.74, 6) is 0.00968. The van der Waals surface area contributed by atoms with Crippen LogP contribution in [-0.2, 0) is 0 Å². The standard InChI is InChI=1S/C10H14BFO2/c1-3-7-14-9-6-4-5-8(12)10(9)11(2)13/h4-6,13H,3,7H2,1-2H3. The summed E-state index contributed by atoms with van der Waals surface area (Å²) in [4.78, 5) is 0. The molecule has 0 heterocycles. The Bertz CT molecular complexity index is 302. The van der Waals surface area contributed by atoms with Gasteiger partial charge in [-0.2, -0.15) is 0 Å². The summed E-state index contributed by atoms with van der Waals surface area (Å²) in [5.41, 5.74) is 0.237. The van der Waals surface area contributed by atoms with Crippen molar-refractivity contribution in [3.63, 3.8) is 0 Å². The van der Waals surface area contributed by atoms with Crippen molar-refractivity contribution >= 4 is 12.4 Å². The van der Waals surface area contributed by atoms with Crippen molar-refractivity contribution in [3.8, 4) is 5.75 Å². The van der Waals surface area contributed by atoms with Crippen LogP contribution in [0.5, 0.6) is 5.75 Å². The second-order valence-electron chi connectivity index (χ2n) is 3.18. The fourth-order valence-electron chi connectivity index (χ4n) is 1.26. The lowest BCUT2D eigenvalue weighted by Crippen LogP contribution is -2.31. The molecule has 0 aliphatic rings. The summed E-state index contributed by atoms with van der Waals surface area (Å²) in [6.07, 6.45) is 0.857. The van der Waals surface area contributed by atoms with E-state index in [1.165, 1.54) is 12.9 Å². The molecule has 0 bridgehead atoms. The number of benzene rings is 1. The maximum absolute atomic E-state index is 13.3. The van der Waals surface area contributed by atoms with Gasteiger partial charge in [-0.25, -0.2) is 4.39 Å². The predicted molar refractivity (Wildman–Crippen MR) is 55.7 cm³/mol. The molecule has 1 N–H and O–H groups in total. The Labute approximate surface area is 83.8 Å². The maximum atomic E-state index is 13.3. The van der Waals surface area contributed by atoms with Crippen LogP contribution in [0.25, 0.3) is 0 Å². The zero-order chi connectivity index (χ0) is 10.6. The van der Waals surface area contributed by atoms with Crippen LogP contribution in [0.2, 0.25) is 6.82 Å². The minimum Gasteiger partial charge on any atom is -0.494 e. The lowest BCUT2D eigenvalue weighted by molar-refractivity contribution is 0.318. The van der Waals surface area contributed by atoms with Crippen molar-refractivity contribution < 1.29 is 14.2 Å². The zero-order valence-electron chi connectivity index (χ0n) is 8.46. The van der Waals surface area contributed by atoms with E-state index >= 15 is 0 Å². The van der Waals surface area contributed by atoms with Crippen molar-refractivity contribution in [1.29, 1.82) is 0 Å². The number of hydrogen-bond acceptors (Lipinski definition) is 2. The van der Waals surface area contributed by atoms with Gasteiger partial charge in [0.05, 0.1) is 6.61 Å². The highest BCUT2D eigenvalue weighted by atomic mass is 19.1. The van der Waals surface area contributed by atoms with Crippen molar-refractivity contribution in [3.05, 3.63) is 24.0 Å². The predicted octanol–water partition coefficient (Wildman–Crippen LogP) is 1.44. The number of halogens is 1. The van der Waals surface area contributed by atoms with Gasteiger partial charge in [-0.05, 0) is 18.6 Å². The van der Waals surface area contributed by atoms with E-state index in [0.717, 1.165) is 6.42 Å². The van der Waals surface area contributed by atoms with Gasteiger partial charge in [-0.15, -0.1) is 0 Å². The van der Waals surface area contributed by atoms with Gasteiger partial charge in [-0.1, -0.05) is 19.8 Å².